The SMILES string of the molecule is CO[PH](O)(O)Oc1cc2c(c3ccccc13)[C@H](CCl)CN2C(=O)c1cc2cc(NC(=O)c3cc4cc(NC(=O)CCSSC)ccc4[nH]3)ccc2[nH]1. The van der Waals surface area contributed by atoms with E-state index in [1.165, 1.54) is 0 Å². The van der Waals surface area contributed by atoms with Crippen molar-refractivity contribution in [3.63, 3.8) is 0 Å². The Labute approximate surface area is 311 Å². The van der Waals surface area contributed by atoms with Gasteiger partial charge in [0.2, 0.25) is 5.91 Å². The Morgan fingerprint density at radius 2 is 1.58 bits per heavy atom. The number of carbonyl (C=O) groups is 3. The molecule has 1 aliphatic rings. The van der Waals surface area contributed by atoms with Crippen molar-refractivity contribution in [3.8, 4) is 5.75 Å². The topological polar surface area (TPSA) is 169 Å². The summed E-state index contributed by atoms with van der Waals surface area (Å²) < 4.78 is 10.4. The fourth-order valence-electron chi connectivity index (χ4n) is 6.44. The monoisotopic (exact) mass is 779 g/mol. The number of alkyl halides is 1. The van der Waals surface area contributed by atoms with Crippen LogP contribution in [0, 0.1) is 0 Å². The van der Waals surface area contributed by atoms with Crippen molar-refractivity contribution in [1.82, 2.24) is 9.97 Å². The van der Waals surface area contributed by atoms with Gasteiger partial charge in [-0.15, -0.1) is 0 Å². The normalized spacial score (nSPS) is 14.6. The van der Waals surface area contributed by atoms with Gasteiger partial charge in [0.25, 0.3) is 5.91 Å². The minimum absolute atomic E-state index is 0.0675. The van der Waals surface area contributed by atoms with E-state index in [1.807, 2.05) is 36.6 Å². The number of anilines is 3. The van der Waals surface area contributed by atoms with Gasteiger partial charge >= 0.3 is 195 Å². The fourth-order valence-corrected chi connectivity index (χ4v) is 8.42. The first-order chi connectivity index (χ1) is 25.1. The molecule has 1 atom stereocenters. The Bertz CT molecular complexity index is 2350. The van der Waals surface area contributed by atoms with Gasteiger partial charge in [-0.2, -0.15) is 0 Å². The third kappa shape index (κ3) is 7.33. The molecule has 52 heavy (non-hydrogen) atoms. The molecule has 12 nitrogen and oxygen atoms in total. The Hall–Kier alpha value is -4.27. The number of benzene rings is 4. The summed E-state index contributed by atoms with van der Waals surface area (Å²) in [6.07, 6.45) is 2.38. The maximum atomic E-state index is 14.1. The van der Waals surface area contributed by atoms with Crippen LogP contribution in [0.3, 0.4) is 0 Å². The molecule has 3 amide bonds. The molecule has 0 fully saturated rings. The van der Waals surface area contributed by atoms with E-state index in [0.29, 0.717) is 57.7 Å². The molecule has 7 rings (SSSR count). The van der Waals surface area contributed by atoms with Crippen molar-refractivity contribution in [2.75, 3.05) is 47.1 Å². The predicted molar refractivity (Wildman–Crippen MR) is 213 cm³/mol. The van der Waals surface area contributed by atoms with Gasteiger partial charge in [-0.05, 0) is 30.5 Å². The molecule has 6 aromatic rings. The molecule has 3 heterocycles. The van der Waals surface area contributed by atoms with Crippen LogP contribution in [0.4, 0.5) is 17.1 Å². The van der Waals surface area contributed by atoms with Crippen molar-refractivity contribution >= 4 is 109 Å². The van der Waals surface area contributed by atoms with Crippen molar-refractivity contribution in [2.45, 2.75) is 12.3 Å². The quantitative estimate of drug-likeness (QED) is 0.0314. The van der Waals surface area contributed by atoms with Crippen LogP contribution in [0.2, 0.25) is 0 Å². The Balaban J connectivity index is 1.11. The van der Waals surface area contributed by atoms with Crippen molar-refractivity contribution < 1.29 is 33.2 Å². The molecule has 0 spiro atoms. The van der Waals surface area contributed by atoms with E-state index in [2.05, 4.69) is 20.6 Å². The first kappa shape index (κ1) is 36.1. The molecule has 0 saturated heterocycles. The molecule has 0 unspecified atom stereocenters. The van der Waals surface area contributed by atoms with Crippen molar-refractivity contribution in [2.24, 2.45) is 0 Å². The van der Waals surface area contributed by atoms with Crippen LogP contribution in [0.5, 0.6) is 5.75 Å². The second kappa shape index (κ2) is 15.0. The zero-order valence-electron chi connectivity index (χ0n) is 28.0. The molecule has 0 radical (unpaired) electrons. The average molecular weight is 780 g/mol. The molecule has 0 saturated carbocycles. The predicted octanol–water partition coefficient (Wildman–Crippen LogP) is 7.80. The van der Waals surface area contributed by atoms with Gasteiger partial charge in [-0.1, -0.05) is 21.6 Å². The molecule has 1 aliphatic heterocycles. The van der Waals surface area contributed by atoms with E-state index in [1.54, 1.807) is 75.0 Å². The van der Waals surface area contributed by atoms with Gasteiger partial charge in [0.15, 0.2) is 0 Å². The maximum absolute atomic E-state index is 14.1. The number of carbonyl (C=O) groups excluding carboxylic acids is 3. The molecule has 4 aromatic carbocycles. The molecule has 16 heteroatoms. The van der Waals surface area contributed by atoms with Crippen LogP contribution in [-0.4, -0.2) is 69.0 Å². The van der Waals surface area contributed by atoms with E-state index in [4.69, 9.17) is 20.6 Å². The number of fused-ring (bicyclic) bond motifs is 5. The minimum atomic E-state index is -4.47. The summed E-state index contributed by atoms with van der Waals surface area (Å²) in [5.74, 6) is 0.258. The summed E-state index contributed by atoms with van der Waals surface area (Å²) in [5, 5.41) is 8.75. The van der Waals surface area contributed by atoms with E-state index in [9.17, 15) is 24.2 Å². The fraction of sp³-hybridized carbons (Fsp3) is 0.194. The summed E-state index contributed by atoms with van der Waals surface area (Å²) in [4.78, 5) is 68.1. The zero-order chi connectivity index (χ0) is 36.6. The van der Waals surface area contributed by atoms with Gasteiger partial charge in [0, 0.05) is 28.8 Å². The molecule has 2 aromatic heterocycles. The summed E-state index contributed by atoms with van der Waals surface area (Å²) in [5.41, 5.74) is 4.73. The number of nitrogens with one attached hydrogen (secondary N) is 4. The number of aromatic nitrogens is 2. The van der Waals surface area contributed by atoms with Crippen LogP contribution >= 0.6 is 41.4 Å². The molecule has 6 N–H and O–H groups in total. The number of H-pyrrole nitrogens is 2. The van der Waals surface area contributed by atoms with Gasteiger partial charge in [0.05, 0.1) is 0 Å². The van der Waals surface area contributed by atoms with Crippen LogP contribution < -0.4 is 20.1 Å². The zero-order valence-corrected chi connectivity index (χ0v) is 31.4. The third-order valence-corrected chi connectivity index (χ3v) is 12.1. The van der Waals surface area contributed by atoms with Crippen LogP contribution in [-0.2, 0) is 9.32 Å². The van der Waals surface area contributed by atoms with Crippen LogP contribution in [0.1, 0.15) is 38.9 Å². The van der Waals surface area contributed by atoms with Gasteiger partial charge < -0.3 is 10.3 Å². The number of nitrogens with zero attached hydrogens (tertiary/aromatic N) is 1. The molecule has 0 bridgehead atoms. The molecule has 0 aliphatic carbocycles. The Kier molecular flexibility index (Phi) is 10.4. The first-order valence-electron chi connectivity index (χ1n) is 16.2. The first-order valence-corrected chi connectivity index (χ1v) is 21.2. The molecule has 270 valence electrons. The average Bonchev–Trinajstić information content (AvgIpc) is 3.86. The van der Waals surface area contributed by atoms with Crippen LogP contribution in [0.25, 0.3) is 32.6 Å². The van der Waals surface area contributed by atoms with E-state index < -0.39 is 8.17 Å². The summed E-state index contributed by atoms with van der Waals surface area (Å²) in [6.45, 7) is 0.308. The number of amides is 3. The number of hydrogen-bond acceptors (Lipinski definition) is 9. The van der Waals surface area contributed by atoms with E-state index in [-0.39, 0.29) is 35.3 Å². The second-order valence-corrected chi connectivity index (χ2v) is 16.9. The van der Waals surface area contributed by atoms with Crippen molar-refractivity contribution in [3.05, 3.63) is 95.8 Å². The number of halogens is 1. The Morgan fingerprint density at radius 3 is 2.25 bits per heavy atom. The van der Waals surface area contributed by atoms with Gasteiger partial charge in [-0.3, -0.25) is 9.59 Å². The third-order valence-electron chi connectivity index (χ3n) is 8.86. The summed E-state index contributed by atoms with van der Waals surface area (Å²) >= 11 is 6.43. The summed E-state index contributed by atoms with van der Waals surface area (Å²) in [7, 11) is -0.0627. The van der Waals surface area contributed by atoms with E-state index >= 15 is 0 Å². The Morgan fingerprint density at radius 1 is 0.923 bits per heavy atom. The molecular weight excluding hydrogens is 745 g/mol. The number of rotatable bonds is 12. The summed E-state index contributed by atoms with van der Waals surface area (Å²) in [6, 6.07) is 23.2. The number of hydrogen-bond donors (Lipinski definition) is 6. The standard InChI is InChI=1S/C36H35ClN5O7PS2/c1-48-50(46,47)49-32-17-31-34(26-6-4-3-5-25(26)32)22(18-37)19-42(31)36(45)30-16-21-14-24(8-10-28(21)41-30)39-35(44)29-15-20-13-23(7-9-27(20)40-29)38-33(43)11-12-52-51-2/h3-10,13-17,22,40-41,46-47,50H,11-12,18-19H2,1-2H3,(H,38,43)(H,39,44)/t22-/m1/s1. The number of aromatic amines is 2. The second-order valence-electron chi connectivity index (χ2n) is 12.2. The molecular formula is C36H35ClN5O7PS2. The van der Waals surface area contributed by atoms with Crippen molar-refractivity contribution in [1.29, 1.82) is 0 Å². The van der Waals surface area contributed by atoms with Gasteiger partial charge in [0.1, 0.15) is 5.69 Å². The van der Waals surface area contributed by atoms with E-state index in [0.717, 1.165) is 34.7 Å². The van der Waals surface area contributed by atoms with Crippen LogP contribution in [0.15, 0.2) is 78.9 Å². The van der Waals surface area contributed by atoms with Gasteiger partial charge in [-0.25, -0.2) is 0 Å².